The van der Waals surface area contributed by atoms with E-state index in [-0.39, 0.29) is 6.04 Å². The Morgan fingerprint density at radius 2 is 2.21 bits per heavy atom. The molecule has 0 aromatic heterocycles. The van der Waals surface area contributed by atoms with Gasteiger partial charge in [-0.25, -0.2) is 0 Å². The summed E-state index contributed by atoms with van der Waals surface area (Å²) in [5.74, 6) is 0.959. The van der Waals surface area contributed by atoms with E-state index in [1.807, 2.05) is 0 Å². The van der Waals surface area contributed by atoms with E-state index in [1.165, 1.54) is 23.1 Å². The van der Waals surface area contributed by atoms with Crippen molar-refractivity contribution in [1.82, 2.24) is 0 Å². The molecule has 0 fully saturated rings. The molecule has 2 rings (SSSR count). The maximum atomic E-state index is 6.06. The summed E-state index contributed by atoms with van der Waals surface area (Å²) in [6.07, 6.45) is 3.47. The minimum Gasteiger partial charge on any atom is -0.496 e. The van der Waals surface area contributed by atoms with E-state index in [1.54, 1.807) is 7.11 Å². The molecule has 1 aliphatic carbocycles. The molecule has 2 nitrogen and oxygen atoms in total. The molecule has 0 unspecified atom stereocenters. The Labute approximate surface area is 85.1 Å². The van der Waals surface area contributed by atoms with E-state index in [0.29, 0.717) is 0 Å². The van der Waals surface area contributed by atoms with Crippen LogP contribution in [-0.4, -0.2) is 7.11 Å². The quantitative estimate of drug-likeness (QED) is 0.739. The third-order valence-corrected chi connectivity index (χ3v) is 3.02. The zero-order chi connectivity index (χ0) is 10.1. The van der Waals surface area contributed by atoms with Gasteiger partial charge in [0.05, 0.1) is 7.11 Å². The van der Waals surface area contributed by atoms with Gasteiger partial charge in [0.25, 0.3) is 0 Å². The standard InChI is InChI=1S/C12H17NO/c1-8-6-9-4-3-5-11(13)10(9)7-12(8)14-2/h6-7,11H,3-5,13H2,1-2H3/t11-/m0/s1. The van der Waals surface area contributed by atoms with Gasteiger partial charge in [-0.3, -0.25) is 0 Å². The lowest BCUT2D eigenvalue weighted by Gasteiger charge is -2.23. The highest BCUT2D eigenvalue weighted by Gasteiger charge is 2.18. The van der Waals surface area contributed by atoms with E-state index in [4.69, 9.17) is 10.5 Å². The summed E-state index contributed by atoms with van der Waals surface area (Å²) in [6.45, 7) is 2.08. The molecular formula is C12H17NO. The SMILES string of the molecule is COc1cc2c(cc1C)CCC[C@@H]2N. The molecule has 0 bridgehead atoms. The Hall–Kier alpha value is -1.02. The van der Waals surface area contributed by atoms with Gasteiger partial charge < -0.3 is 10.5 Å². The van der Waals surface area contributed by atoms with Crippen LogP contribution >= 0.6 is 0 Å². The minimum absolute atomic E-state index is 0.202. The van der Waals surface area contributed by atoms with E-state index in [0.717, 1.165) is 18.6 Å². The summed E-state index contributed by atoms with van der Waals surface area (Å²) in [4.78, 5) is 0. The zero-order valence-corrected chi connectivity index (χ0v) is 8.84. The van der Waals surface area contributed by atoms with Gasteiger partial charge >= 0.3 is 0 Å². The molecule has 0 heterocycles. The Morgan fingerprint density at radius 1 is 1.43 bits per heavy atom. The Bertz CT molecular complexity index is 346. The van der Waals surface area contributed by atoms with Crippen LogP contribution in [-0.2, 0) is 6.42 Å². The molecule has 1 aromatic carbocycles. The van der Waals surface area contributed by atoms with Crippen LogP contribution in [0.15, 0.2) is 12.1 Å². The van der Waals surface area contributed by atoms with Gasteiger partial charge in [-0.1, -0.05) is 6.07 Å². The normalized spacial score (nSPS) is 20.4. The fraction of sp³-hybridized carbons (Fsp3) is 0.500. The summed E-state index contributed by atoms with van der Waals surface area (Å²) in [6, 6.07) is 4.52. The number of hydrogen-bond donors (Lipinski definition) is 1. The highest BCUT2D eigenvalue weighted by Crippen LogP contribution is 2.32. The number of rotatable bonds is 1. The molecule has 0 saturated heterocycles. The van der Waals surface area contributed by atoms with Crippen molar-refractivity contribution in [3.8, 4) is 5.75 Å². The molecule has 1 atom stereocenters. The monoisotopic (exact) mass is 191 g/mol. The number of benzene rings is 1. The van der Waals surface area contributed by atoms with Crippen molar-refractivity contribution in [3.05, 3.63) is 28.8 Å². The summed E-state index contributed by atoms with van der Waals surface area (Å²) in [5.41, 5.74) is 9.95. The molecule has 2 heteroatoms. The van der Waals surface area contributed by atoms with Gasteiger partial charge in [-0.05, 0) is 48.9 Å². The highest BCUT2D eigenvalue weighted by atomic mass is 16.5. The lowest BCUT2D eigenvalue weighted by atomic mass is 9.87. The molecule has 0 aliphatic heterocycles. The van der Waals surface area contributed by atoms with Crippen molar-refractivity contribution >= 4 is 0 Å². The number of nitrogens with two attached hydrogens (primary N) is 1. The van der Waals surface area contributed by atoms with E-state index in [2.05, 4.69) is 19.1 Å². The summed E-state index contributed by atoms with van der Waals surface area (Å²) in [7, 11) is 1.71. The molecule has 0 amide bonds. The summed E-state index contributed by atoms with van der Waals surface area (Å²) >= 11 is 0. The van der Waals surface area contributed by atoms with Crippen molar-refractivity contribution < 1.29 is 4.74 Å². The second-order valence-electron chi connectivity index (χ2n) is 4.02. The largest absolute Gasteiger partial charge is 0.496 e. The Kier molecular flexibility index (Phi) is 2.46. The van der Waals surface area contributed by atoms with Crippen LogP contribution in [0.2, 0.25) is 0 Å². The third-order valence-electron chi connectivity index (χ3n) is 3.02. The summed E-state index contributed by atoms with van der Waals surface area (Å²) < 4.78 is 5.30. The van der Waals surface area contributed by atoms with Gasteiger partial charge in [0.1, 0.15) is 5.75 Å². The van der Waals surface area contributed by atoms with Crippen LogP contribution in [0.1, 0.15) is 35.6 Å². The first-order valence-corrected chi connectivity index (χ1v) is 5.15. The fourth-order valence-electron chi connectivity index (χ4n) is 2.21. The predicted molar refractivity (Wildman–Crippen MR) is 57.6 cm³/mol. The average molecular weight is 191 g/mol. The van der Waals surface area contributed by atoms with Gasteiger partial charge in [-0.2, -0.15) is 0 Å². The second kappa shape index (κ2) is 3.62. The van der Waals surface area contributed by atoms with Crippen molar-refractivity contribution in [2.75, 3.05) is 7.11 Å². The summed E-state index contributed by atoms with van der Waals surface area (Å²) in [5, 5.41) is 0. The third kappa shape index (κ3) is 1.50. The fourth-order valence-corrected chi connectivity index (χ4v) is 2.21. The number of fused-ring (bicyclic) bond motifs is 1. The van der Waals surface area contributed by atoms with Crippen LogP contribution < -0.4 is 10.5 Å². The molecule has 0 spiro atoms. The molecule has 1 aromatic rings. The van der Waals surface area contributed by atoms with Gasteiger partial charge in [0, 0.05) is 6.04 Å². The molecule has 0 saturated carbocycles. The van der Waals surface area contributed by atoms with Gasteiger partial charge in [0.15, 0.2) is 0 Å². The lowest BCUT2D eigenvalue weighted by Crippen LogP contribution is -2.17. The first kappa shape index (κ1) is 9.53. The number of methoxy groups -OCH3 is 1. The maximum absolute atomic E-state index is 6.06. The number of ether oxygens (including phenoxy) is 1. The molecular weight excluding hydrogens is 174 g/mol. The van der Waals surface area contributed by atoms with Gasteiger partial charge in [-0.15, -0.1) is 0 Å². The molecule has 76 valence electrons. The van der Waals surface area contributed by atoms with Gasteiger partial charge in [0.2, 0.25) is 0 Å². The van der Waals surface area contributed by atoms with Crippen molar-refractivity contribution in [2.24, 2.45) is 5.73 Å². The van der Waals surface area contributed by atoms with Crippen LogP contribution in [0.3, 0.4) is 0 Å². The first-order chi connectivity index (χ1) is 6.72. The Balaban J connectivity index is 2.49. The average Bonchev–Trinajstić information content (AvgIpc) is 2.17. The van der Waals surface area contributed by atoms with Crippen molar-refractivity contribution in [2.45, 2.75) is 32.2 Å². The van der Waals surface area contributed by atoms with Crippen LogP contribution in [0, 0.1) is 6.92 Å². The number of aryl methyl sites for hydroxylation is 2. The number of hydrogen-bond acceptors (Lipinski definition) is 2. The highest BCUT2D eigenvalue weighted by molar-refractivity contribution is 5.44. The smallest absolute Gasteiger partial charge is 0.122 e. The molecule has 2 N–H and O–H groups in total. The maximum Gasteiger partial charge on any atom is 0.122 e. The van der Waals surface area contributed by atoms with Crippen LogP contribution in [0.25, 0.3) is 0 Å². The second-order valence-corrected chi connectivity index (χ2v) is 4.02. The van der Waals surface area contributed by atoms with Crippen molar-refractivity contribution in [3.63, 3.8) is 0 Å². The molecule has 1 aliphatic rings. The van der Waals surface area contributed by atoms with E-state index in [9.17, 15) is 0 Å². The Morgan fingerprint density at radius 3 is 2.93 bits per heavy atom. The first-order valence-electron chi connectivity index (χ1n) is 5.15. The molecule has 14 heavy (non-hydrogen) atoms. The van der Waals surface area contributed by atoms with Crippen LogP contribution in [0.5, 0.6) is 5.75 Å². The topological polar surface area (TPSA) is 35.2 Å². The van der Waals surface area contributed by atoms with Crippen molar-refractivity contribution in [1.29, 1.82) is 0 Å². The lowest BCUT2D eigenvalue weighted by molar-refractivity contribution is 0.409. The minimum atomic E-state index is 0.202. The molecule has 0 radical (unpaired) electrons. The van der Waals surface area contributed by atoms with E-state index < -0.39 is 0 Å². The predicted octanol–water partition coefficient (Wildman–Crippen LogP) is 2.34. The zero-order valence-electron chi connectivity index (χ0n) is 8.84. The van der Waals surface area contributed by atoms with E-state index >= 15 is 0 Å². The van der Waals surface area contributed by atoms with Crippen LogP contribution in [0.4, 0.5) is 0 Å².